The van der Waals surface area contributed by atoms with E-state index in [9.17, 15) is 0 Å². The highest BCUT2D eigenvalue weighted by Gasteiger charge is 2.35. The average Bonchev–Trinajstić information content (AvgIpc) is 2.38. The van der Waals surface area contributed by atoms with Crippen molar-refractivity contribution >= 4 is 22.6 Å². The fraction of sp³-hybridized carbons (Fsp3) is 0.455. The zero-order valence-corrected chi connectivity index (χ0v) is 9.10. The van der Waals surface area contributed by atoms with Crippen LogP contribution in [0, 0.1) is 5.92 Å². The van der Waals surface area contributed by atoms with Gasteiger partial charge in [-0.2, -0.15) is 0 Å². The van der Waals surface area contributed by atoms with E-state index in [2.05, 4.69) is 34.7 Å². The van der Waals surface area contributed by atoms with Crippen molar-refractivity contribution < 1.29 is 0 Å². The summed E-state index contributed by atoms with van der Waals surface area (Å²) < 4.78 is 1.20. The molecule has 0 aromatic rings. The molecule has 4 bridgehead atoms. The Morgan fingerprint density at radius 2 is 2.42 bits per heavy atom. The van der Waals surface area contributed by atoms with Crippen molar-refractivity contribution in [3.8, 4) is 0 Å². The monoisotopic (exact) mass is 270 g/mol. The van der Waals surface area contributed by atoms with Crippen LogP contribution in [-0.4, -0.2) is 4.43 Å². The first-order valence-corrected chi connectivity index (χ1v) is 6.09. The van der Waals surface area contributed by atoms with Crippen LogP contribution in [-0.2, 0) is 0 Å². The summed E-state index contributed by atoms with van der Waals surface area (Å²) in [6.07, 6.45) is 8.84. The number of rotatable bonds is 1. The van der Waals surface area contributed by atoms with Crippen molar-refractivity contribution in [2.75, 3.05) is 4.43 Å². The van der Waals surface area contributed by atoms with Crippen LogP contribution in [0.1, 0.15) is 19.3 Å². The minimum Gasteiger partial charge on any atom is -0.0812 e. The van der Waals surface area contributed by atoms with Gasteiger partial charge in [-0.05, 0) is 41.9 Å². The Kier molecular flexibility index (Phi) is 1.52. The van der Waals surface area contributed by atoms with Gasteiger partial charge in [-0.3, -0.25) is 0 Å². The van der Waals surface area contributed by atoms with E-state index in [0.717, 1.165) is 5.92 Å². The molecule has 0 saturated carbocycles. The molecule has 0 aliphatic heterocycles. The second kappa shape index (κ2) is 2.47. The van der Waals surface area contributed by atoms with Gasteiger partial charge in [0.25, 0.3) is 0 Å². The summed E-state index contributed by atoms with van der Waals surface area (Å²) in [6, 6.07) is 0. The number of hydrogen-bond acceptors (Lipinski definition) is 0. The van der Waals surface area contributed by atoms with Crippen LogP contribution < -0.4 is 0 Å². The van der Waals surface area contributed by atoms with Crippen LogP contribution in [0.3, 0.4) is 0 Å². The molecule has 0 heterocycles. The maximum absolute atomic E-state index is 2.48. The minimum atomic E-state index is 0.904. The molecule has 0 amide bonds. The van der Waals surface area contributed by atoms with E-state index in [0.29, 0.717) is 0 Å². The van der Waals surface area contributed by atoms with Gasteiger partial charge in [-0.15, -0.1) is 0 Å². The maximum atomic E-state index is 2.48. The summed E-state index contributed by atoms with van der Waals surface area (Å²) in [5, 5.41) is 0. The zero-order chi connectivity index (χ0) is 8.13. The second-order valence-electron chi connectivity index (χ2n) is 3.91. The van der Waals surface area contributed by atoms with Gasteiger partial charge in [0.05, 0.1) is 0 Å². The van der Waals surface area contributed by atoms with E-state index in [-0.39, 0.29) is 0 Å². The molecule has 0 spiro atoms. The topological polar surface area (TPSA) is 0 Å². The Balaban J connectivity index is 2.15. The molecular formula is C11H11I. The molecule has 0 fully saturated rings. The lowest BCUT2D eigenvalue weighted by Gasteiger charge is -2.35. The van der Waals surface area contributed by atoms with Crippen molar-refractivity contribution in [3.63, 3.8) is 0 Å². The van der Waals surface area contributed by atoms with Crippen molar-refractivity contribution in [3.05, 3.63) is 34.4 Å². The van der Waals surface area contributed by atoms with Crippen LogP contribution in [0.2, 0.25) is 0 Å². The molecule has 0 saturated heterocycles. The lowest BCUT2D eigenvalue weighted by atomic mass is 9.71. The summed E-state index contributed by atoms with van der Waals surface area (Å²) >= 11 is 2.48. The second-order valence-corrected chi connectivity index (χ2v) is 4.68. The number of halogens is 1. The highest BCUT2D eigenvalue weighted by atomic mass is 127. The normalized spacial score (nSPS) is 30.9. The summed E-state index contributed by atoms with van der Waals surface area (Å²) in [5.74, 6) is 0.904. The smallest absolute Gasteiger partial charge is 0.0250 e. The van der Waals surface area contributed by atoms with Crippen LogP contribution in [0.25, 0.3) is 0 Å². The van der Waals surface area contributed by atoms with E-state index in [4.69, 9.17) is 0 Å². The van der Waals surface area contributed by atoms with Crippen LogP contribution in [0.5, 0.6) is 0 Å². The molecule has 5 aliphatic carbocycles. The summed E-state index contributed by atoms with van der Waals surface area (Å²) in [4.78, 5) is 0. The third-order valence-electron chi connectivity index (χ3n) is 3.21. The quantitative estimate of drug-likeness (QED) is 0.506. The van der Waals surface area contributed by atoms with Gasteiger partial charge < -0.3 is 0 Å². The molecule has 12 heavy (non-hydrogen) atoms. The number of alkyl halides is 1. The van der Waals surface area contributed by atoms with Crippen LogP contribution >= 0.6 is 22.6 Å². The van der Waals surface area contributed by atoms with Crippen LogP contribution in [0.15, 0.2) is 34.4 Å². The first-order chi connectivity index (χ1) is 5.88. The molecule has 0 aromatic carbocycles. The Morgan fingerprint density at radius 1 is 1.50 bits per heavy atom. The van der Waals surface area contributed by atoms with Gasteiger partial charge in [0.2, 0.25) is 0 Å². The molecule has 0 radical (unpaired) electrons. The molecular weight excluding hydrogens is 259 g/mol. The Bertz CT molecular complexity index is 331. The largest absolute Gasteiger partial charge is 0.0812 e. The van der Waals surface area contributed by atoms with Gasteiger partial charge >= 0.3 is 0 Å². The molecule has 0 nitrogen and oxygen atoms in total. The molecule has 1 heteroatoms. The summed E-state index contributed by atoms with van der Waals surface area (Å²) in [5.41, 5.74) is 6.69. The molecule has 5 rings (SSSR count). The summed E-state index contributed by atoms with van der Waals surface area (Å²) in [6.45, 7) is 0. The van der Waals surface area contributed by atoms with E-state index < -0.39 is 0 Å². The van der Waals surface area contributed by atoms with Crippen molar-refractivity contribution in [2.45, 2.75) is 19.3 Å². The lowest BCUT2D eigenvalue weighted by Crippen LogP contribution is -2.20. The third kappa shape index (κ3) is 0.832. The zero-order valence-electron chi connectivity index (χ0n) is 6.94. The lowest BCUT2D eigenvalue weighted by molar-refractivity contribution is 0.546. The van der Waals surface area contributed by atoms with Crippen LogP contribution in [0.4, 0.5) is 0 Å². The Labute approximate surface area is 86.6 Å². The first-order valence-electron chi connectivity index (χ1n) is 4.56. The van der Waals surface area contributed by atoms with Crippen molar-refractivity contribution in [1.82, 2.24) is 0 Å². The van der Waals surface area contributed by atoms with Gasteiger partial charge in [0.15, 0.2) is 0 Å². The predicted octanol–water partition coefficient (Wildman–Crippen LogP) is 3.40. The highest BCUT2D eigenvalue weighted by molar-refractivity contribution is 14.1. The average molecular weight is 270 g/mol. The molecule has 0 aromatic heterocycles. The summed E-state index contributed by atoms with van der Waals surface area (Å²) in [7, 11) is 0. The SMILES string of the molecule is ICC1=CC2=CCC3CC(=C13)C2. The number of hydrogen-bond donors (Lipinski definition) is 0. The van der Waals surface area contributed by atoms with Crippen molar-refractivity contribution in [2.24, 2.45) is 5.92 Å². The van der Waals surface area contributed by atoms with Crippen molar-refractivity contribution in [1.29, 1.82) is 0 Å². The van der Waals surface area contributed by atoms with E-state index in [1.54, 1.807) is 22.3 Å². The molecule has 0 N–H and O–H groups in total. The Morgan fingerprint density at radius 3 is 3.25 bits per heavy atom. The maximum Gasteiger partial charge on any atom is 0.0250 e. The fourth-order valence-electron chi connectivity index (χ4n) is 2.66. The van der Waals surface area contributed by atoms with Gasteiger partial charge in [-0.1, -0.05) is 40.3 Å². The van der Waals surface area contributed by atoms with Gasteiger partial charge in [0, 0.05) is 4.43 Å². The predicted molar refractivity (Wildman–Crippen MR) is 59.4 cm³/mol. The minimum absolute atomic E-state index is 0.904. The Hall–Kier alpha value is -0.0500. The van der Waals surface area contributed by atoms with E-state index in [1.165, 1.54) is 23.7 Å². The van der Waals surface area contributed by atoms with Gasteiger partial charge in [0.1, 0.15) is 0 Å². The molecule has 62 valence electrons. The highest BCUT2D eigenvalue weighted by Crippen LogP contribution is 2.50. The standard InChI is InChI=1S/C11H11I/c12-6-10-4-7-1-2-8-5-9(3-7)11(8)10/h1,4,8H,2-3,5-6H2. The third-order valence-corrected chi connectivity index (χ3v) is 4.04. The van der Waals surface area contributed by atoms with E-state index in [1.807, 2.05) is 0 Å². The molecule has 1 unspecified atom stereocenters. The fourth-order valence-corrected chi connectivity index (χ4v) is 3.29. The molecule has 5 aliphatic rings. The first kappa shape index (κ1) is 7.36. The van der Waals surface area contributed by atoms with E-state index >= 15 is 0 Å². The van der Waals surface area contributed by atoms with Gasteiger partial charge in [-0.25, -0.2) is 0 Å². The number of allylic oxidation sites excluding steroid dienone is 6. The molecule has 1 atom stereocenters.